The minimum Gasteiger partial charge on any atom is -0.311 e. The molecular formula is C25H35N9. The molecule has 180 valence electrons. The van der Waals surface area contributed by atoms with Crippen molar-refractivity contribution in [1.82, 2.24) is 45.9 Å². The number of aryl methyl sites for hydroxylation is 1. The van der Waals surface area contributed by atoms with Crippen molar-refractivity contribution in [2.75, 3.05) is 21.1 Å². The van der Waals surface area contributed by atoms with Crippen molar-refractivity contribution in [3.63, 3.8) is 0 Å². The lowest BCUT2D eigenvalue weighted by Crippen LogP contribution is -2.22. The van der Waals surface area contributed by atoms with Gasteiger partial charge < -0.3 is 16.0 Å². The van der Waals surface area contributed by atoms with Gasteiger partial charge in [0.25, 0.3) is 0 Å². The number of rotatable bonds is 13. The smallest absolute Gasteiger partial charge is 0.145 e. The molecule has 4 unspecified atom stereocenters. The van der Waals surface area contributed by atoms with Crippen molar-refractivity contribution >= 4 is 0 Å². The van der Waals surface area contributed by atoms with Gasteiger partial charge in [-0.25, -0.2) is 29.9 Å². The van der Waals surface area contributed by atoms with Gasteiger partial charge in [-0.2, -0.15) is 0 Å². The molecule has 0 fully saturated rings. The lowest BCUT2D eigenvalue weighted by Gasteiger charge is -2.20. The minimum absolute atomic E-state index is 0.0114. The highest BCUT2D eigenvalue weighted by molar-refractivity contribution is 5.19. The van der Waals surface area contributed by atoms with Crippen LogP contribution in [0.1, 0.15) is 72.5 Å². The summed E-state index contributed by atoms with van der Waals surface area (Å²) in [7, 11) is 5.75. The fraction of sp³-hybridized carbons (Fsp3) is 0.440. The fourth-order valence-electron chi connectivity index (χ4n) is 3.77. The molecule has 0 aliphatic heterocycles. The number of hydrogen-bond donors (Lipinski definition) is 3. The van der Waals surface area contributed by atoms with E-state index >= 15 is 0 Å². The topological polar surface area (TPSA) is 113 Å². The summed E-state index contributed by atoms with van der Waals surface area (Å²) in [5.74, 6) is 2.42. The molecule has 0 spiro atoms. The van der Waals surface area contributed by atoms with Gasteiger partial charge in [-0.15, -0.1) is 6.58 Å². The van der Waals surface area contributed by atoms with E-state index in [2.05, 4.69) is 52.4 Å². The molecule has 0 amide bonds. The van der Waals surface area contributed by atoms with E-state index in [0.717, 1.165) is 48.0 Å². The van der Waals surface area contributed by atoms with Crippen LogP contribution in [0.25, 0.3) is 0 Å². The predicted molar refractivity (Wildman–Crippen MR) is 133 cm³/mol. The lowest BCUT2D eigenvalue weighted by atomic mass is 9.93. The molecule has 0 radical (unpaired) electrons. The zero-order valence-electron chi connectivity index (χ0n) is 20.4. The SMILES string of the molecule is C=CC(CC(NC)c1ncccn1)c1cnc(C(CCc2ccnc(C(C)NC)n2)NC)nc1. The van der Waals surface area contributed by atoms with Crippen LogP contribution < -0.4 is 16.0 Å². The largest absolute Gasteiger partial charge is 0.311 e. The second kappa shape index (κ2) is 12.9. The number of nitrogens with one attached hydrogen (secondary N) is 3. The van der Waals surface area contributed by atoms with Crippen molar-refractivity contribution in [3.05, 3.63) is 84.5 Å². The first-order valence-corrected chi connectivity index (χ1v) is 11.6. The third-order valence-corrected chi connectivity index (χ3v) is 6.04. The Labute approximate surface area is 202 Å². The normalized spacial score (nSPS) is 14.8. The van der Waals surface area contributed by atoms with Crippen LogP contribution in [0.4, 0.5) is 0 Å². The molecule has 3 heterocycles. The van der Waals surface area contributed by atoms with Crippen LogP contribution in [0.15, 0.2) is 55.8 Å². The summed E-state index contributed by atoms with van der Waals surface area (Å²) in [5, 5.41) is 9.81. The molecule has 9 heteroatoms. The summed E-state index contributed by atoms with van der Waals surface area (Å²) in [6, 6.07) is 3.94. The first kappa shape index (κ1) is 25.5. The van der Waals surface area contributed by atoms with Crippen LogP contribution in [0, 0.1) is 0 Å². The third kappa shape index (κ3) is 6.69. The molecule has 0 aliphatic rings. The van der Waals surface area contributed by atoms with E-state index in [1.165, 1.54) is 0 Å². The number of aromatic nitrogens is 6. The fourth-order valence-corrected chi connectivity index (χ4v) is 3.77. The van der Waals surface area contributed by atoms with E-state index < -0.39 is 0 Å². The molecule has 3 aromatic heterocycles. The lowest BCUT2D eigenvalue weighted by molar-refractivity contribution is 0.492. The average Bonchev–Trinajstić information content (AvgIpc) is 2.90. The predicted octanol–water partition coefficient (Wildman–Crippen LogP) is 2.85. The van der Waals surface area contributed by atoms with E-state index in [1.807, 2.05) is 64.9 Å². The first-order chi connectivity index (χ1) is 16.6. The molecule has 9 nitrogen and oxygen atoms in total. The number of allylic oxidation sites excluding steroid dienone is 1. The van der Waals surface area contributed by atoms with Crippen molar-refractivity contribution in [3.8, 4) is 0 Å². The summed E-state index contributed by atoms with van der Waals surface area (Å²) in [4.78, 5) is 27.2. The van der Waals surface area contributed by atoms with Gasteiger partial charge in [0.05, 0.1) is 18.1 Å². The molecule has 0 saturated heterocycles. The average molecular weight is 462 g/mol. The second-order valence-electron chi connectivity index (χ2n) is 8.20. The van der Waals surface area contributed by atoms with Crippen LogP contribution >= 0.6 is 0 Å². The maximum atomic E-state index is 4.68. The zero-order valence-corrected chi connectivity index (χ0v) is 20.4. The molecule has 3 aromatic rings. The van der Waals surface area contributed by atoms with Gasteiger partial charge in [-0.1, -0.05) is 6.08 Å². The Morgan fingerprint density at radius 2 is 1.50 bits per heavy atom. The number of hydrogen-bond acceptors (Lipinski definition) is 9. The highest BCUT2D eigenvalue weighted by Crippen LogP contribution is 2.27. The maximum Gasteiger partial charge on any atom is 0.145 e. The van der Waals surface area contributed by atoms with Crippen LogP contribution in [-0.4, -0.2) is 51.0 Å². The highest BCUT2D eigenvalue weighted by Gasteiger charge is 2.20. The van der Waals surface area contributed by atoms with Crippen LogP contribution in [0.5, 0.6) is 0 Å². The van der Waals surface area contributed by atoms with E-state index in [-0.39, 0.29) is 24.0 Å². The molecule has 0 aromatic carbocycles. The summed E-state index contributed by atoms with van der Waals surface area (Å²) in [6.07, 6.45) is 13.5. The first-order valence-electron chi connectivity index (χ1n) is 11.6. The van der Waals surface area contributed by atoms with Gasteiger partial charge in [0.2, 0.25) is 0 Å². The van der Waals surface area contributed by atoms with Crippen molar-refractivity contribution < 1.29 is 0 Å². The molecule has 0 bridgehead atoms. The molecule has 3 rings (SSSR count). The van der Waals surface area contributed by atoms with Gasteiger partial charge in [-0.05, 0) is 65.0 Å². The van der Waals surface area contributed by atoms with Gasteiger partial charge in [0.1, 0.15) is 17.5 Å². The Kier molecular flexibility index (Phi) is 9.69. The third-order valence-electron chi connectivity index (χ3n) is 6.04. The molecule has 3 N–H and O–H groups in total. The van der Waals surface area contributed by atoms with Crippen LogP contribution in [0.2, 0.25) is 0 Å². The molecule has 4 atom stereocenters. The zero-order chi connectivity index (χ0) is 24.3. The summed E-state index contributed by atoms with van der Waals surface area (Å²) in [6.45, 7) is 6.08. The van der Waals surface area contributed by atoms with E-state index in [4.69, 9.17) is 0 Å². The Bertz CT molecular complexity index is 1010. The van der Waals surface area contributed by atoms with Crippen molar-refractivity contribution in [2.45, 2.75) is 50.2 Å². The van der Waals surface area contributed by atoms with Crippen molar-refractivity contribution in [1.29, 1.82) is 0 Å². The van der Waals surface area contributed by atoms with Gasteiger partial charge in [-0.3, -0.25) is 0 Å². The number of nitrogens with zero attached hydrogens (tertiary/aromatic N) is 6. The summed E-state index contributed by atoms with van der Waals surface area (Å²) in [5.41, 5.74) is 2.03. The molecule has 34 heavy (non-hydrogen) atoms. The van der Waals surface area contributed by atoms with Gasteiger partial charge in [0.15, 0.2) is 0 Å². The van der Waals surface area contributed by atoms with E-state index in [9.17, 15) is 0 Å². The highest BCUT2D eigenvalue weighted by atomic mass is 15.0. The maximum absolute atomic E-state index is 4.68. The molecular weight excluding hydrogens is 426 g/mol. The summed E-state index contributed by atoms with van der Waals surface area (Å²) >= 11 is 0. The monoisotopic (exact) mass is 461 g/mol. The van der Waals surface area contributed by atoms with Gasteiger partial charge >= 0.3 is 0 Å². The molecule has 0 aliphatic carbocycles. The quantitative estimate of drug-likeness (QED) is 0.331. The standard InChI is InChI=1S/C25H35N9/c1-6-18(14-22(28-5)25-29-11-7-12-30-25)19-15-32-24(33-16-19)21(27-4)9-8-20-10-13-31-23(34-20)17(2)26-3/h6-7,10-13,15-18,21-22,26-28H,1,8-9,14H2,2-5H3. The van der Waals surface area contributed by atoms with E-state index in [1.54, 1.807) is 12.4 Å². The molecule has 0 saturated carbocycles. The van der Waals surface area contributed by atoms with Crippen molar-refractivity contribution in [2.24, 2.45) is 0 Å². The Morgan fingerprint density at radius 3 is 2.12 bits per heavy atom. The Balaban J connectivity index is 1.66. The second-order valence-corrected chi connectivity index (χ2v) is 8.20. The van der Waals surface area contributed by atoms with E-state index in [0.29, 0.717) is 0 Å². The minimum atomic E-state index is 0.0114. The van der Waals surface area contributed by atoms with Gasteiger partial charge in [0, 0.05) is 42.6 Å². The van der Waals surface area contributed by atoms with Crippen LogP contribution in [0.3, 0.4) is 0 Å². The van der Waals surface area contributed by atoms with Crippen LogP contribution in [-0.2, 0) is 6.42 Å². The Hall–Kier alpha value is -3.14. The summed E-state index contributed by atoms with van der Waals surface area (Å²) < 4.78 is 0. The Morgan fingerprint density at radius 1 is 0.853 bits per heavy atom.